The minimum Gasteiger partial charge on any atom is -0.491 e. The van der Waals surface area contributed by atoms with Gasteiger partial charge in [-0.2, -0.15) is 0 Å². The molecule has 2 rings (SSSR count). The third-order valence-electron chi connectivity index (χ3n) is 3.47. The van der Waals surface area contributed by atoms with Crippen LogP contribution in [0.5, 0.6) is 11.5 Å². The lowest BCUT2D eigenvalue weighted by Crippen LogP contribution is -2.18. The molecular formula is C19H20Cl2O5. The van der Waals surface area contributed by atoms with Crippen molar-refractivity contribution in [2.45, 2.75) is 12.2 Å². The monoisotopic (exact) mass is 398 g/mol. The second-order valence-electron chi connectivity index (χ2n) is 5.62. The molecule has 0 aliphatic rings. The Morgan fingerprint density at radius 3 is 1.42 bits per heavy atom. The maximum atomic E-state index is 12.5. The number of carbonyl (C=O) groups is 1. The number of aliphatic hydroxyl groups excluding tert-OH is 2. The van der Waals surface area contributed by atoms with E-state index in [4.69, 9.17) is 32.7 Å². The molecule has 0 aliphatic heterocycles. The molecular weight excluding hydrogens is 379 g/mol. The lowest BCUT2D eigenvalue weighted by molar-refractivity contribution is 0.103. The van der Waals surface area contributed by atoms with Crippen molar-refractivity contribution in [3.8, 4) is 11.5 Å². The van der Waals surface area contributed by atoms with E-state index in [9.17, 15) is 15.0 Å². The molecule has 0 saturated heterocycles. The van der Waals surface area contributed by atoms with Gasteiger partial charge in [0.05, 0.1) is 11.8 Å². The van der Waals surface area contributed by atoms with E-state index >= 15 is 0 Å². The molecule has 2 N–H and O–H groups in total. The summed E-state index contributed by atoms with van der Waals surface area (Å²) in [4.78, 5) is 12.5. The fraction of sp³-hybridized carbons (Fsp3) is 0.316. The van der Waals surface area contributed by atoms with Crippen molar-refractivity contribution in [1.82, 2.24) is 0 Å². The summed E-state index contributed by atoms with van der Waals surface area (Å²) in [6, 6.07) is 13.3. The number of ketones is 1. The van der Waals surface area contributed by atoms with Crippen LogP contribution in [0.15, 0.2) is 48.5 Å². The van der Waals surface area contributed by atoms with Crippen molar-refractivity contribution in [3.63, 3.8) is 0 Å². The van der Waals surface area contributed by atoms with Gasteiger partial charge in [0, 0.05) is 11.1 Å². The molecule has 0 heterocycles. The number of benzene rings is 2. The van der Waals surface area contributed by atoms with E-state index in [1.54, 1.807) is 48.5 Å². The van der Waals surface area contributed by atoms with Gasteiger partial charge in [0.1, 0.15) is 36.9 Å². The van der Waals surface area contributed by atoms with Gasteiger partial charge in [-0.15, -0.1) is 23.2 Å². The van der Waals surface area contributed by atoms with E-state index in [2.05, 4.69) is 0 Å². The number of hydrogen-bond donors (Lipinski definition) is 2. The molecule has 0 radical (unpaired) electrons. The van der Waals surface area contributed by atoms with Crippen LogP contribution >= 0.6 is 23.2 Å². The zero-order valence-corrected chi connectivity index (χ0v) is 15.5. The average molecular weight is 399 g/mol. The lowest BCUT2D eigenvalue weighted by atomic mass is 10.0. The Balaban J connectivity index is 1.95. The molecule has 7 heteroatoms. The number of ether oxygens (including phenoxy) is 2. The largest absolute Gasteiger partial charge is 0.491 e. The van der Waals surface area contributed by atoms with Gasteiger partial charge in [-0.25, -0.2) is 0 Å². The molecule has 26 heavy (non-hydrogen) atoms. The normalized spacial score (nSPS) is 13.1. The molecule has 0 unspecified atom stereocenters. The second kappa shape index (κ2) is 10.4. The van der Waals surface area contributed by atoms with Crippen LogP contribution in [0, 0.1) is 0 Å². The minimum absolute atomic E-state index is 0.0939. The number of aliphatic hydroxyl groups is 2. The predicted octanol–water partition coefficient (Wildman–Crippen LogP) is 2.87. The summed E-state index contributed by atoms with van der Waals surface area (Å²) in [6.07, 6.45) is -1.46. The van der Waals surface area contributed by atoms with E-state index < -0.39 is 12.2 Å². The summed E-state index contributed by atoms with van der Waals surface area (Å²) in [5.74, 6) is 1.16. The second-order valence-corrected chi connectivity index (χ2v) is 6.23. The molecule has 2 atom stereocenters. The van der Waals surface area contributed by atoms with E-state index in [-0.39, 0.29) is 30.8 Å². The van der Waals surface area contributed by atoms with E-state index in [1.807, 2.05) is 0 Å². The molecule has 0 fully saturated rings. The van der Waals surface area contributed by atoms with E-state index in [0.717, 1.165) is 0 Å². The zero-order chi connectivity index (χ0) is 18.9. The Bertz CT molecular complexity index is 629. The van der Waals surface area contributed by atoms with Gasteiger partial charge in [-0.05, 0) is 48.5 Å². The van der Waals surface area contributed by atoms with Crippen molar-refractivity contribution in [2.75, 3.05) is 25.0 Å². The van der Waals surface area contributed by atoms with Crippen LogP contribution in [0.4, 0.5) is 0 Å². The fourth-order valence-corrected chi connectivity index (χ4v) is 2.22. The molecule has 2 aromatic rings. The Hall–Kier alpha value is -1.79. The van der Waals surface area contributed by atoms with Gasteiger partial charge >= 0.3 is 0 Å². The highest BCUT2D eigenvalue weighted by atomic mass is 35.5. The molecule has 0 aliphatic carbocycles. The molecule has 0 bridgehead atoms. The number of carbonyl (C=O) groups excluding carboxylic acids is 1. The lowest BCUT2D eigenvalue weighted by Gasteiger charge is -2.11. The fourth-order valence-electron chi connectivity index (χ4n) is 2.05. The summed E-state index contributed by atoms with van der Waals surface area (Å²) in [7, 11) is 0. The van der Waals surface area contributed by atoms with E-state index in [1.165, 1.54) is 0 Å². The average Bonchev–Trinajstić information content (AvgIpc) is 2.70. The molecule has 0 spiro atoms. The first kappa shape index (κ1) is 20.5. The maximum Gasteiger partial charge on any atom is 0.193 e. The van der Waals surface area contributed by atoms with Crippen molar-refractivity contribution in [3.05, 3.63) is 59.7 Å². The molecule has 0 amide bonds. The summed E-state index contributed by atoms with van der Waals surface area (Å²) in [6.45, 7) is 0.188. The Kier molecular flexibility index (Phi) is 8.19. The standard InChI is InChI=1S/C19H20Cl2O5/c20-9-15(22)11-25-17-5-1-13(2-6-17)19(24)14-3-7-18(8-4-14)26-12-16(23)10-21/h1-8,15-16,22-23H,9-12H2/t15-,16-/m0/s1. The van der Waals surface area contributed by atoms with Gasteiger partial charge in [-0.1, -0.05) is 0 Å². The predicted molar refractivity (Wildman–Crippen MR) is 101 cm³/mol. The summed E-state index contributed by atoms with van der Waals surface area (Å²) >= 11 is 11.0. The van der Waals surface area contributed by atoms with Gasteiger partial charge in [0.2, 0.25) is 0 Å². The van der Waals surface area contributed by atoms with Crippen molar-refractivity contribution in [1.29, 1.82) is 0 Å². The van der Waals surface area contributed by atoms with Crippen molar-refractivity contribution >= 4 is 29.0 Å². The van der Waals surface area contributed by atoms with Crippen LogP contribution in [0.25, 0.3) is 0 Å². The van der Waals surface area contributed by atoms with Gasteiger partial charge in [0.15, 0.2) is 5.78 Å². The van der Waals surface area contributed by atoms with Crippen LogP contribution in [-0.4, -0.2) is 53.2 Å². The highest BCUT2D eigenvalue weighted by Gasteiger charge is 2.10. The van der Waals surface area contributed by atoms with Crippen LogP contribution in [0.2, 0.25) is 0 Å². The third kappa shape index (κ3) is 6.18. The quantitative estimate of drug-likeness (QED) is 0.475. The minimum atomic E-state index is -0.732. The maximum absolute atomic E-state index is 12.5. The smallest absolute Gasteiger partial charge is 0.193 e. The number of hydrogen-bond acceptors (Lipinski definition) is 5. The van der Waals surface area contributed by atoms with Crippen molar-refractivity contribution in [2.24, 2.45) is 0 Å². The number of halogens is 2. The highest BCUT2D eigenvalue weighted by Crippen LogP contribution is 2.18. The first-order chi connectivity index (χ1) is 12.5. The SMILES string of the molecule is O=C(c1ccc(OC[C@@H](O)CCl)cc1)c1ccc(OC[C@@H](O)CCl)cc1. The van der Waals surface area contributed by atoms with E-state index in [0.29, 0.717) is 22.6 Å². The van der Waals surface area contributed by atoms with Crippen LogP contribution < -0.4 is 9.47 Å². The molecule has 0 aromatic heterocycles. The first-order valence-corrected chi connectivity index (χ1v) is 9.09. The van der Waals surface area contributed by atoms with Crippen molar-refractivity contribution < 1.29 is 24.5 Å². The molecule has 140 valence electrons. The Morgan fingerprint density at radius 2 is 1.12 bits per heavy atom. The summed E-state index contributed by atoms with van der Waals surface area (Å²) in [5, 5.41) is 18.7. The van der Waals surface area contributed by atoms with Gasteiger partial charge in [-0.3, -0.25) is 4.79 Å². The van der Waals surface area contributed by atoms with Crippen LogP contribution in [0.1, 0.15) is 15.9 Å². The summed E-state index contributed by atoms with van der Waals surface area (Å²) in [5.41, 5.74) is 1.03. The van der Waals surface area contributed by atoms with Gasteiger partial charge < -0.3 is 19.7 Å². The Morgan fingerprint density at radius 1 is 0.769 bits per heavy atom. The highest BCUT2D eigenvalue weighted by molar-refractivity contribution is 6.18. The topological polar surface area (TPSA) is 76.0 Å². The number of rotatable bonds is 10. The molecule has 5 nitrogen and oxygen atoms in total. The number of alkyl halides is 2. The van der Waals surface area contributed by atoms with Crippen LogP contribution in [0.3, 0.4) is 0 Å². The molecule has 2 aromatic carbocycles. The first-order valence-electron chi connectivity index (χ1n) is 8.02. The summed E-state index contributed by atoms with van der Waals surface area (Å²) < 4.78 is 10.8. The third-order valence-corrected chi connectivity index (χ3v) is 4.19. The molecule has 0 saturated carbocycles. The zero-order valence-electron chi connectivity index (χ0n) is 14.0. The van der Waals surface area contributed by atoms with Crippen LogP contribution in [-0.2, 0) is 0 Å². The van der Waals surface area contributed by atoms with Gasteiger partial charge in [0.25, 0.3) is 0 Å². The Labute approximate surface area is 162 Å².